The molecule has 0 radical (unpaired) electrons. The van der Waals surface area contributed by atoms with Gasteiger partial charge in [0.1, 0.15) is 9.84 Å². The number of aromatic nitrogens is 1. The van der Waals surface area contributed by atoms with E-state index in [0.717, 1.165) is 14.6 Å². The van der Waals surface area contributed by atoms with Crippen molar-refractivity contribution < 1.29 is 8.42 Å². The van der Waals surface area contributed by atoms with Crippen LogP contribution in [0.2, 0.25) is 0 Å². The van der Waals surface area contributed by atoms with Gasteiger partial charge in [-0.05, 0) is 12.1 Å². The van der Waals surface area contributed by atoms with Crippen LogP contribution in [-0.4, -0.2) is 31.2 Å². The van der Waals surface area contributed by atoms with E-state index < -0.39 is 9.84 Å². The number of nitrogens with zero attached hydrogens (tertiary/aromatic N) is 1. The number of rotatable bonds is 4. The molecule has 2 rings (SSSR count). The van der Waals surface area contributed by atoms with Gasteiger partial charge in [-0.2, -0.15) is 0 Å². The summed E-state index contributed by atoms with van der Waals surface area (Å²) in [6.45, 7) is 0. The summed E-state index contributed by atoms with van der Waals surface area (Å²) in [7, 11) is -2.87. The Kier molecular flexibility index (Phi) is 3.51. The SMILES string of the molecule is CS(=O)(=O)CCSc1nc2ccccc2s1. The number of para-hydroxylation sites is 1. The van der Waals surface area contributed by atoms with Crippen LogP contribution < -0.4 is 0 Å². The van der Waals surface area contributed by atoms with Gasteiger partial charge in [-0.1, -0.05) is 23.9 Å². The van der Waals surface area contributed by atoms with E-state index in [4.69, 9.17) is 0 Å². The molecule has 16 heavy (non-hydrogen) atoms. The second kappa shape index (κ2) is 4.73. The van der Waals surface area contributed by atoms with E-state index >= 15 is 0 Å². The lowest BCUT2D eigenvalue weighted by Gasteiger charge is -1.95. The molecule has 0 fully saturated rings. The zero-order valence-electron chi connectivity index (χ0n) is 8.71. The molecule has 1 aromatic carbocycles. The van der Waals surface area contributed by atoms with Gasteiger partial charge in [0.2, 0.25) is 0 Å². The van der Waals surface area contributed by atoms with Crippen molar-refractivity contribution in [1.29, 1.82) is 0 Å². The van der Waals surface area contributed by atoms with E-state index in [9.17, 15) is 8.42 Å². The van der Waals surface area contributed by atoms with Gasteiger partial charge in [0.05, 0.1) is 16.0 Å². The number of hydrogen-bond acceptors (Lipinski definition) is 5. The maximum Gasteiger partial charge on any atom is 0.151 e. The topological polar surface area (TPSA) is 47.0 Å². The normalized spacial score (nSPS) is 12.1. The third-order valence-corrected chi connectivity index (χ3v) is 5.34. The van der Waals surface area contributed by atoms with Crippen LogP contribution in [0, 0.1) is 0 Å². The third kappa shape index (κ3) is 3.20. The second-order valence-electron chi connectivity index (χ2n) is 3.43. The molecule has 0 N–H and O–H groups in total. The summed E-state index contributed by atoms with van der Waals surface area (Å²) in [5.74, 6) is 0.770. The quantitative estimate of drug-likeness (QED) is 0.803. The molecule has 6 heteroatoms. The van der Waals surface area contributed by atoms with Gasteiger partial charge in [-0.15, -0.1) is 11.3 Å². The predicted molar refractivity (Wildman–Crippen MR) is 70.1 cm³/mol. The van der Waals surface area contributed by atoms with Crippen LogP contribution in [0.4, 0.5) is 0 Å². The zero-order valence-corrected chi connectivity index (χ0v) is 11.2. The average Bonchev–Trinajstić information content (AvgIpc) is 2.57. The molecule has 1 aromatic heterocycles. The standard InChI is InChI=1S/C10H11NO2S3/c1-16(12,13)7-6-14-10-11-8-4-2-3-5-9(8)15-10/h2-5H,6-7H2,1H3. The fourth-order valence-electron chi connectivity index (χ4n) is 1.19. The Morgan fingerprint density at radius 1 is 1.38 bits per heavy atom. The van der Waals surface area contributed by atoms with E-state index in [1.165, 1.54) is 18.0 Å². The lowest BCUT2D eigenvalue weighted by atomic mass is 10.3. The number of thiazole rings is 1. The largest absolute Gasteiger partial charge is 0.230 e. The molecule has 0 aliphatic carbocycles. The number of hydrogen-bond donors (Lipinski definition) is 0. The van der Waals surface area contributed by atoms with E-state index in [2.05, 4.69) is 4.98 Å². The van der Waals surface area contributed by atoms with E-state index in [-0.39, 0.29) is 5.75 Å². The molecule has 0 atom stereocenters. The van der Waals surface area contributed by atoms with Crippen molar-refractivity contribution in [2.75, 3.05) is 17.8 Å². The van der Waals surface area contributed by atoms with Crippen molar-refractivity contribution in [3.05, 3.63) is 24.3 Å². The first-order valence-electron chi connectivity index (χ1n) is 4.71. The highest BCUT2D eigenvalue weighted by Gasteiger charge is 2.06. The fraction of sp³-hybridized carbons (Fsp3) is 0.300. The summed E-state index contributed by atoms with van der Waals surface area (Å²) in [5.41, 5.74) is 0.981. The molecule has 0 spiro atoms. The highest BCUT2D eigenvalue weighted by molar-refractivity contribution is 8.02. The first-order chi connectivity index (χ1) is 7.54. The highest BCUT2D eigenvalue weighted by Crippen LogP contribution is 2.29. The molecule has 2 aromatic rings. The van der Waals surface area contributed by atoms with Gasteiger partial charge in [0.25, 0.3) is 0 Å². The third-order valence-electron chi connectivity index (χ3n) is 1.95. The Morgan fingerprint density at radius 2 is 2.12 bits per heavy atom. The molecule has 0 aliphatic heterocycles. The monoisotopic (exact) mass is 273 g/mol. The Balaban J connectivity index is 2.05. The number of thioether (sulfide) groups is 1. The van der Waals surface area contributed by atoms with E-state index in [1.807, 2.05) is 24.3 Å². The van der Waals surface area contributed by atoms with Crippen molar-refractivity contribution in [2.45, 2.75) is 4.34 Å². The molecular formula is C10H11NO2S3. The summed E-state index contributed by atoms with van der Waals surface area (Å²) in [6, 6.07) is 7.92. The van der Waals surface area contributed by atoms with Crippen molar-refractivity contribution in [1.82, 2.24) is 4.98 Å². The Hall–Kier alpha value is -0.590. The smallest absolute Gasteiger partial charge is 0.151 e. The minimum absolute atomic E-state index is 0.202. The maximum absolute atomic E-state index is 11.0. The van der Waals surface area contributed by atoms with Crippen LogP contribution in [0.15, 0.2) is 28.6 Å². The van der Waals surface area contributed by atoms with Gasteiger partial charge in [-0.25, -0.2) is 13.4 Å². The first-order valence-corrected chi connectivity index (χ1v) is 8.57. The number of benzene rings is 1. The van der Waals surface area contributed by atoms with Crippen molar-refractivity contribution in [2.24, 2.45) is 0 Å². The lowest BCUT2D eigenvalue weighted by molar-refractivity contribution is 0.603. The van der Waals surface area contributed by atoms with Crippen LogP contribution in [-0.2, 0) is 9.84 Å². The van der Waals surface area contributed by atoms with E-state index in [1.54, 1.807) is 11.3 Å². The van der Waals surface area contributed by atoms with Gasteiger partial charge < -0.3 is 0 Å². The zero-order chi connectivity index (χ0) is 11.6. The van der Waals surface area contributed by atoms with Crippen LogP contribution in [0.1, 0.15) is 0 Å². The van der Waals surface area contributed by atoms with Gasteiger partial charge in [0.15, 0.2) is 4.34 Å². The average molecular weight is 273 g/mol. The maximum atomic E-state index is 11.0. The van der Waals surface area contributed by atoms with E-state index in [0.29, 0.717) is 5.75 Å². The van der Waals surface area contributed by atoms with Crippen molar-refractivity contribution >= 4 is 43.2 Å². The molecule has 86 valence electrons. The number of fused-ring (bicyclic) bond motifs is 1. The summed E-state index contributed by atoms with van der Waals surface area (Å²) >= 11 is 3.11. The van der Waals surface area contributed by atoms with Crippen molar-refractivity contribution in [3.8, 4) is 0 Å². The molecule has 0 amide bonds. The Bertz CT molecular complexity index is 556. The summed E-state index contributed by atoms with van der Waals surface area (Å²) in [4.78, 5) is 4.42. The number of sulfone groups is 1. The molecule has 0 saturated heterocycles. The lowest BCUT2D eigenvalue weighted by Crippen LogP contribution is -2.04. The minimum Gasteiger partial charge on any atom is -0.230 e. The fourth-order valence-corrected chi connectivity index (χ4v) is 4.53. The molecular weight excluding hydrogens is 262 g/mol. The molecule has 3 nitrogen and oxygen atoms in total. The molecule has 0 aliphatic rings. The second-order valence-corrected chi connectivity index (χ2v) is 8.06. The Labute approximate surface area is 103 Å². The highest BCUT2D eigenvalue weighted by atomic mass is 32.2. The first kappa shape index (κ1) is 11.9. The Morgan fingerprint density at radius 3 is 2.81 bits per heavy atom. The minimum atomic E-state index is -2.87. The van der Waals surface area contributed by atoms with Crippen LogP contribution in [0.3, 0.4) is 0 Å². The van der Waals surface area contributed by atoms with Crippen LogP contribution in [0.5, 0.6) is 0 Å². The van der Waals surface area contributed by atoms with Crippen LogP contribution in [0.25, 0.3) is 10.2 Å². The predicted octanol–water partition coefficient (Wildman–Crippen LogP) is 2.43. The molecule has 0 bridgehead atoms. The van der Waals surface area contributed by atoms with Crippen LogP contribution >= 0.6 is 23.1 Å². The summed E-state index contributed by atoms with van der Waals surface area (Å²) < 4.78 is 24.0. The molecule has 0 unspecified atom stereocenters. The summed E-state index contributed by atoms with van der Waals surface area (Å²) in [6.07, 6.45) is 1.26. The van der Waals surface area contributed by atoms with Crippen molar-refractivity contribution in [3.63, 3.8) is 0 Å². The molecule has 0 saturated carbocycles. The van der Waals surface area contributed by atoms with Gasteiger partial charge >= 0.3 is 0 Å². The van der Waals surface area contributed by atoms with Gasteiger partial charge in [0, 0.05) is 12.0 Å². The summed E-state index contributed by atoms with van der Waals surface area (Å²) in [5, 5.41) is 0. The van der Waals surface area contributed by atoms with Gasteiger partial charge in [-0.3, -0.25) is 0 Å². The molecule has 1 heterocycles.